The van der Waals surface area contributed by atoms with Crippen LogP contribution in [0, 0.1) is 5.92 Å². The first kappa shape index (κ1) is 19.3. The van der Waals surface area contributed by atoms with Gasteiger partial charge in [0, 0.05) is 17.4 Å². The smallest absolute Gasteiger partial charge is 0.170 e. The minimum atomic E-state index is -0.239. The highest BCUT2D eigenvalue weighted by Crippen LogP contribution is 2.52. The predicted molar refractivity (Wildman–Crippen MR) is 127 cm³/mol. The van der Waals surface area contributed by atoms with Gasteiger partial charge in [-0.15, -0.1) is 0 Å². The Hall–Kier alpha value is -3.71. The van der Waals surface area contributed by atoms with E-state index in [1.54, 1.807) is 0 Å². The Bertz CT molecular complexity index is 1180. The fraction of sp³-hybridized carbons (Fsp3) is 0.100. The Morgan fingerprint density at radius 1 is 0.548 bits per heavy atom. The molecule has 0 bridgehead atoms. The quantitative estimate of drug-likeness (QED) is 0.325. The van der Waals surface area contributed by atoms with Gasteiger partial charge in [0.05, 0.1) is 5.92 Å². The van der Waals surface area contributed by atoms with Gasteiger partial charge in [0.1, 0.15) is 0 Å². The monoisotopic (exact) mass is 400 g/mol. The Morgan fingerprint density at radius 3 is 1.61 bits per heavy atom. The summed E-state index contributed by atoms with van der Waals surface area (Å²) in [5, 5.41) is 0. The van der Waals surface area contributed by atoms with Crippen LogP contribution in [0.2, 0.25) is 0 Å². The normalized spacial score (nSPS) is 20.3. The van der Waals surface area contributed by atoms with Crippen LogP contribution in [0.3, 0.4) is 0 Å². The average molecular weight is 401 g/mol. The van der Waals surface area contributed by atoms with Gasteiger partial charge in [-0.25, -0.2) is 0 Å². The highest BCUT2D eigenvalue weighted by Gasteiger charge is 2.43. The van der Waals surface area contributed by atoms with Gasteiger partial charge >= 0.3 is 0 Å². The van der Waals surface area contributed by atoms with Gasteiger partial charge in [-0.05, 0) is 22.3 Å². The zero-order valence-corrected chi connectivity index (χ0v) is 17.3. The lowest BCUT2D eigenvalue weighted by Gasteiger charge is -2.27. The highest BCUT2D eigenvalue weighted by molar-refractivity contribution is 6.06. The van der Waals surface area contributed by atoms with Gasteiger partial charge in [0.25, 0.3) is 0 Å². The number of carbonyl (C=O) groups is 1. The SMILES string of the molecule is O=C(c1ccccc1)C1C(c2ccccc2)=CC(c2ccccc2)C1c1ccccc1. The van der Waals surface area contributed by atoms with Gasteiger partial charge in [-0.1, -0.05) is 127 Å². The zero-order valence-electron chi connectivity index (χ0n) is 17.3. The van der Waals surface area contributed by atoms with Crippen molar-refractivity contribution in [2.45, 2.75) is 11.8 Å². The van der Waals surface area contributed by atoms with Crippen molar-refractivity contribution in [1.29, 1.82) is 0 Å². The maximum absolute atomic E-state index is 14.0. The highest BCUT2D eigenvalue weighted by atomic mass is 16.1. The number of hydrogen-bond donors (Lipinski definition) is 0. The Balaban J connectivity index is 1.70. The van der Waals surface area contributed by atoms with Crippen LogP contribution in [-0.4, -0.2) is 5.78 Å². The molecule has 0 N–H and O–H groups in total. The lowest BCUT2D eigenvalue weighted by atomic mass is 9.74. The van der Waals surface area contributed by atoms with Crippen molar-refractivity contribution < 1.29 is 4.79 Å². The number of Topliss-reactive ketones (excluding diaryl/α,β-unsaturated/α-hetero) is 1. The second-order valence-electron chi connectivity index (χ2n) is 8.07. The molecule has 3 atom stereocenters. The van der Waals surface area contributed by atoms with Crippen molar-refractivity contribution in [3.8, 4) is 0 Å². The number of allylic oxidation sites excluding steroid dienone is 2. The fourth-order valence-electron chi connectivity index (χ4n) is 4.85. The van der Waals surface area contributed by atoms with E-state index >= 15 is 0 Å². The van der Waals surface area contributed by atoms with Crippen LogP contribution in [0.4, 0.5) is 0 Å². The topological polar surface area (TPSA) is 17.1 Å². The molecule has 5 rings (SSSR count). The molecular weight excluding hydrogens is 376 g/mol. The van der Waals surface area contributed by atoms with E-state index in [2.05, 4.69) is 66.7 Å². The second-order valence-corrected chi connectivity index (χ2v) is 8.07. The molecule has 1 nitrogen and oxygen atoms in total. The lowest BCUT2D eigenvalue weighted by Crippen LogP contribution is -2.23. The Morgan fingerprint density at radius 2 is 1.03 bits per heavy atom. The van der Waals surface area contributed by atoms with Crippen molar-refractivity contribution in [2.75, 3.05) is 0 Å². The Kier molecular flexibility index (Phi) is 5.33. The summed E-state index contributed by atoms with van der Waals surface area (Å²) in [4.78, 5) is 14.0. The first-order valence-corrected chi connectivity index (χ1v) is 10.8. The largest absolute Gasteiger partial charge is 0.293 e. The summed E-state index contributed by atoms with van der Waals surface area (Å²) >= 11 is 0. The van der Waals surface area contributed by atoms with E-state index in [1.165, 1.54) is 11.1 Å². The van der Waals surface area contributed by atoms with E-state index in [1.807, 2.05) is 60.7 Å². The molecule has 150 valence electrons. The molecule has 0 saturated carbocycles. The van der Waals surface area contributed by atoms with Gasteiger partial charge in [0.15, 0.2) is 5.78 Å². The van der Waals surface area contributed by atoms with Crippen molar-refractivity contribution in [2.24, 2.45) is 5.92 Å². The molecule has 1 aliphatic carbocycles. The van der Waals surface area contributed by atoms with Crippen molar-refractivity contribution in [3.05, 3.63) is 150 Å². The third-order valence-electron chi connectivity index (χ3n) is 6.26. The van der Waals surface area contributed by atoms with Crippen LogP contribution in [0.1, 0.15) is 38.9 Å². The van der Waals surface area contributed by atoms with Crippen LogP contribution in [0.25, 0.3) is 5.57 Å². The van der Waals surface area contributed by atoms with E-state index in [0.29, 0.717) is 0 Å². The predicted octanol–water partition coefficient (Wildman–Crippen LogP) is 7.15. The van der Waals surface area contributed by atoms with E-state index in [4.69, 9.17) is 0 Å². The molecule has 0 heterocycles. The van der Waals surface area contributed by atoms with Gasteiger partial charge < -0.3 is 0 Å². The fourth-order valence-corrected chi connectivity index (χ4v) is 4.85. The van der Waals surface area contributed by atoms with Crippen LogP contribution in [0.15, 0.2) is 127 Å². The number of benzene rings is 4. The summed E-state index contributed by atoms with van der Waals surface area (Å²) in [7, 11) is 0. The molecule has 0 aromatic heterocycles. The summed E-state index contributed by atoms with van der Waals surface area (Å²) in [5.74, 6) is 0.128. The molecule has 4 aromatic carbocycles. The molecule has 0 fully saturated rings. The Labute approximate surface area is 183 Å². The molecule has 1 aliphatic rings. The molecule has 0 amide bonds. The van der Waals surface area contributed by atoms with Crippen LogP contribution in [-0.2, 0) is 0 Å². The third-order valence-corrected chi connectivity index (χ3v) is 6.26. The van der Waals surface area contributed by atoms with Gasteiger partial charge in [-0.2, -0.15) is 0 Å². The summed E-state index contributed by atoms with van der Waals surface area (Å²) < 4.78 is 0. The molecule has 0 saturated heterocycles. The van der Waals surface area contributed by atoms with Gasteiger partial charge in [-0.3, -0.25) is 4.79 Å². The summed E-state index contributed by atoms with van der Waals surface area (Å²) in [6.07, 6.45) is 2.33. The first-order chi connectivity index (χ1) is 15.3. The number of rotatable bonds is 5. The maximum atomic E-state index is 14.0. The molecule has 3 unspecified atom stereocenters. The zero-order chi connectivity index (χ0) is 21.0. The van der Waals surface area contributed by atoms with Crippen LogP contribution in [0.5, 0.6) is 0 Å². The molecular formula is C30H24O. The number of carbonyl (C=O) groups excluding carboxylic acids is 1. The summed E-state index contributed by atoms with van der Waals surface area (Å²) in [5.41, 5.74) is 5.46. The van der Waals surface area contributed by atoms with Crippen LogP contribution >= 0.6 is 0 Å². The maximum Gasteiger partial charge on any atom is 0.170 e. The van der Waals surface area contributed by atoms with E-state index in [9.17, 15) is 4.79 Å². The molecule has 4 aromatic rings. The molecule has 0 radical (unpaired) electrons. The van der Waals surface area contributed by atoms with E-state index in [-0.39, 0.29) is 23.5 Å². The van der Waals surface area contributed by atoms with E-state index in [0.717, 1.165) is 16.7 Å². The third kappa shape index (κ3) is 3.75. The number of ketones is 1. The summed E-state index contributed by atoms with van der Waals surface area (Å²) in [6, 6.07) is 41.1. The minimum absolute atomic E-state index is 0.0477. The molecule has 1 heteroatoms. The molecule has 0 aliphatic heterocycles. The van der Waals surface area contributed by atoms with Crippen molar-refractivity contribution in [3.63, 3.8) is 0 Å². The summed E-state index contributed by atoms with van der Waals surface area (Å²) in [6.45, 7) is 0. The second kappa shape index (κ2) is 8.57. The van der Waals surface area contributed by atoms with Gasteiger partial charge in [0.2, 0.25) is 0 Å². The number of hydrogen-bond acceptors (Lipinski definition) is 1. The average Bonchev–Trinajstić information content (AvgIpc) is 3.26. The lowest BCUT2D eigenvalue weighted by molar-refractivity contribution is 0.0937. The minimum Gasteiger partial charge on any atom is -0.293 e. The first-order valence-electron chi connectivity index (χ1n) is 10.8. The molecule has 0 spiro atoms. The van der Waals surface area contributed by atoms with Crippen LogP contribution < -0.4 is 0 Å². The van der Waals surface area contributed by atoms with Crippen molar-refractivity contribution in [1.82, 2.24) is 0 Å². The van der Waals surface area contributed by atoms with E-state index < -0.39 is 0 Å². The molecule has 31 heavy (non-hydrogen) atoms. The van der Waals surface area contributed by atoms with Crippen molar-refractivity contribution >= 4 is 11.4 Å². The standard InChI is InChI=1S/C30H24O/c31-30(25-19-11-4-12-20-25)29-27(23-15-7-2-8-16-23)21-26(22-13-5-1-6-14-22)28(29)24-17-9-3-10-18-24/h1-21,26,28-29H.